The van der Waals surface area contributed by atoms with E-state index in [1.165, 1.54) is 41.1 Å². The number of carbonyl (C=O) groups is 1. The SMILES string of the molecule is CCCn1nc(C(=O)Nc2ccc(S(=O)(=O)CC)cc2)ccc1=O. The van der Waals surface area contributed by atoms with E-state index in [1.54, 1.807) is 6.92 Å². The normalized spacial score (nSPS) is 11.2. The van der Waals surface area contributed by atoms with E-state index < -0.39 is 15.7 Å². The van der Waals surface area contributed by atoms with Gasteiger partial charge in [0.2, 0.25) is 0 Å². The van der Waals surface area contributed by atoms with Crippen LogP contribution >= 0.6 is 0 Å². The van der Waals surface area contributed by atoms with Gasteiger partial charge in [-0.25, -0.2) is 13.1 Å². The number of nitrogens with one attached hydrogen (secondary N) is 1. The van der Waals surface area contributed by atoms with E-state index in [9.17, 15) is 18.0 Å². The number of carbonyl (C=O) groups excluding carboxylic acids is 1. The number of aryl methyl sites for hydroxylation is 1. The molecule has 0 spiro atoms. The van der Waals surface area contributed by atoms with E-state index in [0.29, 0.717) is 12.2 Å². The summed E-state index contributed by atoms with van der Waals surface area (Å²) in [5, 5.41) is 6.66. The highest BCUT2D eigenvalue weighted by atomic mass is 32.2. The van der Waals surface area contributed by atoms with Crippen LogP contribution in [-0.4, -0.2) is 29.9 Å². The van der Waals surface area contributed by atoms with Crippen LogP contribution in [0.5, 0.6) is 0 Å². The van der Waals surface area contributed by atoms with Crippen LogP contribution in [0.25, 0.3) is 0 Å². The highest BCUT2D eigenvalue weighted by Crippen LogP contribution is 2.15. The average Bonchev–Trinajstić information content (AvgIpc) is 2.57. The van der Waals surface area contributed by atoms with E-state index in [-0.39, 0.29) is 21.9 Å². The number of hydrogen-bond acceptors (Lipinski definition) is 5. The van der Waals surface area contributed by atoms with Gasteiger partial charge in [0.1, 0.15) is 5.69 Å². The molecule has 128 valence electrons. The summed E-state index contributed by atoms with van der Waals surface area (Å²) in [6.07, 6.45) is 0.728. The lowest BCUT2D eigenvalue weighted by atomic mass is 10.3. The molecule has 1 amide bonds. The zero-order valence-electron chi connectivity index (χ0n) is 13.5. The average molecular weight is 349 g/mol. The van der Waals surface area contributed by atoms with Gasteiger partial charge in [0, 0.05) is 18.3 Å². The minimum Gasteiger partial charge on any atom is -0.321 e. The molecular formula is C16H19N3O4S. The number of anilines is 1. The Morgan fingerprint density at radius 3 is 2.38 bits per heavy atom. The van der Waals surface area contributed by atoms with E-state index >= 15 is 0 Å². The number of sulfone groups is 1. The molecule has 0 saturated carbocycles. The van der Waals surface area contributed by atoms with Crippen LogP contribution in [0, 0.1) is 0 Å². The molecule has 0 radical (unpaired) electrons. The fourth-order valence-corrected chi connectivity index (χ4v) is 2.93. The van der Waals surface area contributed by atoms with Crippen molar-refractivity contribution >= 4 is 21.4 Å². The predicted octanol–water partition coefficient (Wildman–Crippen LogP) is 1.70. The van der Waals surface area contributed by atoms with Crippen molar-refractivity contribution in [3.63, 3.8) is 0 Å². The van der Waals surface area contributed by atoms with Crippen molar-refractivity contribution in [2.24, 2.45) is 0 Å². The zero-order chi connectivity index (χ0) is 17.7. The molecule has 0 fully saturated rings. The summed E-state index contributed by atoms with van der Waals surface area (Å²) >= 11 is 0. The van der Waals surface area contributed by atoms with Crippen LogP contribution in [0.4, 0.5) is 5.69 Å². The number of rotatable bonds is 6. The summed E-state index contributed by atoms with van der Waals surface area (Å²) < 4.78 is 24.8. The Morgan fingerprint density at radius 1 is 1.12 bits per heavy atom. The monoisotopic (exact) mass is 349 g/mol. The molecular weight excluding hydrogens is 330 g/mol. The standard InChI is InChI=1S/C16H19N3O4S/c1-3-11-19-15(20)10-9-14(18-19)16(21)17-12-5-7-13(8-6-12)24(22,23)4-2/h5-10H,3-4,11H2,1-2H3,(H,17,21). The van der Waals surface area contributed by atoms with Crippen molar-refractivity contribution < 1.29 is 13.2 Å². The Balaban J connectivity index is 2.18. The molecule has 0 unspecified atom stereocenters. The number of nitrogens with zero attached hydrogens (tertiary/aromatic N) is 2. The highest BCUT2D eigenvalue weighted by Gasteiger charge is 2.13. The van der Waals surface area contributed by atoms with Gasteiger partial charge >= 0.3 is 0 Å². The van der Waals surface area contributed by atoms with E-state index in [0.717, 1.165) is 6.42 Å². The maximum absolute atomic E-state index is 12.2. The van der Waals surface area contributed by atoms with Gasteiger partial charge in [0.25, 0.3) is 11.5 Å². The second-order valence-corrected chi connectivity index (χ2v) is 7.44. The number of aromatic nitrogens is 2. The predicted molar refractivity (Wildman–Crippen MR) is 90.9 cm³/mol. The maximum atomic E-state index is 12.2. The fraction of sp³-hybridized carbons (Fsp3) is 0.312. The number of hydrogen-bond donors (Lipinski definition) is 1. The Kier molecular flexibility index (Phi) is 5.50. The quantitative estimate of drug-likeness (QED) is 0.856. The lowest BCUT2D eigenvalue weighted by Gasteiger charge is -2.08. The van der Waals surface area contributed by atoms with Crippen LogP contribution in [-0.2, 0) is 16.4 Å². The summed E-state index contributed by atoms with van der Waals surface area (Å²) in [6.45, 7) is 3.91. The zero-order valence-corrected chi connectivity index (χ0v) is 14.3. The molecule has 0 aliphatic rings. The summed E-state index contributed by atoms with van der Waals surface area (Å²) in [7, 11) is -3.28. The second-order valence-electron chi connectivity index (χ2n) is 5.16. The molecule has 2 aromatic rings. The molecule has 0 bridgehead atoms. The number of amides is 1. The van der Waals surface area contributed by atoms with Gasteiger partial charge in [0.05, 0.1) is 10.6 Å². The number of benzene rings is 1. The summed E-state index contributed by atoms with van der Waals surface area (Å²) in [5.41, 5.74) is 0.306. The largest absolute Gasteiger partial charge is 0.321 e. The Hall–Kier alpha value is -2.48. The molecule has 0 aliphatic heterocycles. The van der Waals surface area contributed by atoms with Crippen LogP contribution in [0.1, 0.15) is 30.8 Å². The van der Waals surface area contributed by atoms with Crippen LogP contribution < -0.4 is 10.9 Å². The van der Waals surface area contributed by atoms with E-state index in [1.807, 2.05) is 6.92 Å². The first-order valence-electron chi connectivity index (χ1n) is 7.59. The Labute approximate surface area is 140 Å². The summed E-state index contributed by atoms with van der Waals surface area (Å²) in [4.78, 5) is 24.0. The van der Waals surface area contributed by atoms with E-state index in [4.69, 9.17) is 0 Å². The van der Waals surface area contributed by atoms with Gasteiger partial charge in [-0.15, -0.1) is 0 Å². The van der Waals surface area contributed by atoms with Gasteiger partial charge in [-0.1, -0.05) is 13.8 Å². The van der Waals surface area contributed by atoms with Gasteiger partial charge in [-0.2, -0.15) is 5.10 Å². The van der Waals surface area contributed by atoms with Gasteiger partial charge in [-0.05, 0) is 36.8 Å². The van der Waals surface area contributed by atoms with Crippen molar-refractivity contribution in [3.05, 3.63) is 52.4 Å². The third kappa shape index (κ3) is 4.08. The molecule has 8 heteroatoms. The Bertz CT molecular complexity index is 886. The fourth-order valence-electron chi connectivity index (χ4n) is 2.05. The smallest absolute Gasteiger partial charge is 0.276 e. The third-order valence-corrected chi connectivity index (χ3v) is 5.14. The molecule has 0 atom stereocenters. The third-order valence-electron chi connectivity index (χ3n) is 3.39. The molecule has 7 nitrogen and oxygen atoms in total. The molecule has 1 heterocycles. The molecule has 2 rings (SSSR count). The first kappa shape index (κ1) is 17.9. The lowest BCUT2D eigenvalue weighted by Crippen LogP contribution is -2.26. The highest BCUT2D eigenvalue weighted by molar-refractivity contribution is 7.91. The maximum Gasteiger partial charge on any atom is 0.276 e. The van der Waals surface area contributed by atoms with Crippen LogP contribution in [0.15, 0.2) is 46.1 Å². The van der Waals surface area contributed by atoms with Crippen LogP contribution in [0.3, 0.4) is 0 Å². The minimum absolute atomic E-state index is 0.0155. The molecule has 0 saturated heterocycles. The second kappa shape index (κ2) is 7.39. The topological polar surface area (TPSA) is 98.1 Å². The first-order valence-corrected chi connectivity index (χ1v) is 9.25. The summed E-state index contributed by atoms with van der Waals surface area (Å²) in [5.74, 6) is -0.451. The molecule has 1 N–H and O–H groups in total. The molecule has 1 aromatic carbocycles. The molecule has 24 heavy (non-hydrogen) atoms. The minimum atomic E-state index is -3.28. The van der Waals surface area contributed by atoms with Crippen molar-refractivity contribution in [1.82, 2.24) is 9.78 Å². The lowest BCUT2D eigenvalue weighted by molar-refractivity contribution is 0.101. The molecule has 0 aliphatic carbocycles. The van der Waals surface area contributed by atoms with Gasteiger partial charge in [0.15, 0.2) is 9.84 Å². The summed E-state index contributed by atoms with van der Waals surface area (Å²) in [6, 6.07) is 8.58. The van der Waals surface area contributed by atoms with Crippen molar-refractivity contribution in [2.75, 3.05) is 11.1 Å². The van der Waals surface area contributed by atoms with Gasteiger partial charge in [-0.3, -0.25) is 9.59 Å². The van der Waals surface area contributed by atoms with Gasteiger partial charge < -0.3 is 5.32 Å². The van der Waals surface area contributed by atoms with Crippen molar-refractivity contribution in [3.8, 4) is 0 Å². The van der Waals surface area contributed by atoms with Crippen LogP contribution in [0.2, 0.25) is 0 Å². The van der Waals surface area contributed by atoms with E-state index in [2.05, 4.69) is 10.4 Å². The van der Waals surface area contributed by atoms with Crippen molar-refractivity contribution in [2.45, 2.75) is 31.7 Å². The first-order chi connectivity index (χ1) is 11.4. The Morgan fingerprint density at radius 2 is 1.79 bits per heavy atom. The molecule has 1 aromatic heterocycles. The van der Waals surface area contributed by atoms with Crippen molar-refractivity contribution in [1.29, 1.82) is 0 Å².